The first-order valence-electron chi connectivity index (χ1n) is 6.77. The van der Waals surface area contributed by atoms with Gasteiger partial charge in [0.1, 0.15) is 5.82 Å². The fourth-order valence-corrected chi connectivity index (χ4v) is 2.35. The zero-order valence-corrected chi connectivity index (χ0v) is 11.3. The number of aliphatic hydroxyl groups excluding tert-OH is 1. The van der Waals surface area contributed by atoms with E-state index in [-0.39, 0.29) is 6.61 Å². The van der Waals surface area contributed by atoms with E-state index in [2.05, 4.69) is 24.9 Å². The van der Waals surface area contributed by atoms with Gasteiger partial charge in [0.25, 0.3) is 0 Å². The maximum Gasteiger partial charge on any atom is 0.173 e. The minimum atomic E-state index is 0.217. The maximum atomic E-state index is 8.96. The second-order valence-corrected chi connectivity index (χ2v) is 4.74. The van der Waals surface area contributed by atoms with E-state index in [9.17, 15) is 0 Å². The van der Waals surface area contributed by atoms with E-state index in [1.807, 2.05) is 12.3 Å². The van der Waals surface area contributed by atoms with Gasteiger partial charge in [-0.05, 0) is 6.07 Å². The van der Waals surface area contributed by atoms with Crippen LogP contribution in [-0.2, 0) is 0 Å². The highest BCUT2D eigenvalue weighted by Gasteiger charge is 2.18. The summed E-state index contributed by atoms with van der Waals surface area (Å²) in [6.07, 6.45) is 7.07. The molecule has 1 fully saturated rings. The average Bonchev–Trinajstić information content (AvgIpc) is 3.03. The normalized spacial score (nSPS) is 16.6. The van der Waals surface area contributed by atoms with Crippen LogP contribution in [0, 0.1) is 0 Å². The Bertz CT molecular complexity index is 536. The Balaban J connectivity index is 1.71. The van der Waals surface area contributed by atoms with Crippen molar-refractivity contribution in [3.05, 3.63) is 30.9 Å². The van der Waals surface area contributed by atoms with Crippen LogP contribution in [0.3, 0.4) is 0 Å². The second kappa shape index (κ2) is 5.98. The summed E-state index contributed by atoms with van der Waals surface area (Å²) in [7, 11) is 0. The molecule has 2 aromatic rings. The van der Waals surface area contributed by atoms with Gasteiger partial charge in [0.05, 0.1) is 19.0 Å². The highest BCUT2D eigenvalue weighted by molar-refractivity contribution is 5.39. The summed E-state index contributed by atoms with van der Waals surface area (Å²) in [5, 5.41) is 13.1. The van der Waals surface area contributed by atoms with Crippen molar-refractivity contribution < 1.29 is 5.11 Å². The smallest absolute Gasteiger partial charge is 0.173 e. The minimum Gasteiger partial charge on any atom is -0.395 e. The van der Waals surface area contributed by atoms with E-state index in [1.165, 1.54) is 0 Å². The van der Waals surface area contributed by atoms with Crippen LogP contribution in [0.25, 0.3) is 5.82 Å². The van der Waals surface area contributed by atoms with Crippen LogP contribution in [0.4, 0.5) is 5.82 Å². The Labute approximate surface area is 117 Å². The Morgan fingerprint density at radius 1 is 1.10 bits per heavy atom. The van der Waals surface area contributed by atoms with E-state index in [0.29, 0.717) is 0 Å². The SMILES string of the molecule is OCCN1CCN(c2cncc(-n3cccn3)n2)CC1. The van der Waals surface area contributed by atoms with Crippen molar-refractivity contribution >= 4 is 5.82 Å². The lowest BCUT2D eigenvalue weighted by Gasteiger charge is -2.34. The molecule has 2 aromatic heterocycles. The number of aliphatic hydroxyl groups is 1. The lowest BCUT2D eigenvalue weighted by Crippen LogP contribution is -2.47. The lowest BCUT2D eigenvalue weighted by molar-refractivity contribution is 0.188. The number of hydrogen-bond donors (Lipinski definition) is 1. The molecule has 106 valence electrons. The van der Waals surface area contributed by atoms with E-state index >= 15 is 0 Å². The number of rotatable bonds is 4. The van der Waals surface area contributed by atoms with Crippen molar-refractivity contribution in [2.45, 2.75) is 0 Å². The largest absolute Gasteiger partial charge is 0.395 e. The predicted octanol–water partition coefficient (Wildman–Crippen LogP) is -0.223. The van der Waals surface area contributed by atoms with Crippen molar-refractivity contribution in [2.75, 3.05) is 44.2 Å². The topological polar surface area (TPSA) is 70.3 Å². The van der Waals surface area contributed by atoms with Gasteiger partial charge in [-0.2, -0.15) is 5.10 Å². The van der Waals surface area contributed by atoms with Gasteiger partial charge in [0.15, 0.2) is 5.82 Å². The highest BCUT2D eigenvalue weighted by Crippen LogP contribution is 2.14. The Morgan fingerprint density at radius 2 is 1.90 bits per heavy atom. The summed E-state index contributed by atoms with van der Waals surface area (Å²) in [5.41, 5.74) is 0. The molecule has 1 aliphatic rings. The molecule has 0 bridgehead atoms. The van der Waals surface area contributed by atoms with E-state index in [4.69, 9.17) is 5.11 Å². The molecule has 1 saturated heterocycles. The zero-order valence-electron chi connectivity index (χ0n) is 11.3. The molecule has 7 heteroatoms. The molecular formula is C13H18N6O. The third kappa shape index (κ3) is 2.78. The van der Waals surface area contributed by atoms with Crippen molar-refractivity contribution in [1.29, 1.82) is 0 Å². The molecule has 1 aliphatic heterocycles. The molecular weight excluding hydrogens is 256 g/mol. The Kier molecular flexibility index (Phi) is 3.89. The van der Waals surface area contributed by atoms with Gasteiger partial charge in [-0.1, -0.05) is 0 Å². The molecule has 0 unspecified atom stereocenters. The van der Waals surface area contributed by atoms with E-state index < -0.39 is 0 Å². The Morgan fingerprint density at radius 3 is 2.60 bits per heavy atom. The summed E-state index contributed by atoms with van der Waals surface area (Å²) in [6.45, 7) is 4.64. The Hall–Kier alpha value is -1.99. The highest BCUT2D eigenvalue weighted by atomic mass is 16.3. The molecule has 7 nitrogen and oxygen atoms in total. The van der Waals surface area contributed by atoms with Crippen LogP contribution in [0.15, 0.2) is 30.9 Å². The van der Waals surface area contributed by atoms with Crippen LogP contribution < -0.4 is 4.90 Å². The first-order chi connectivity index (χ1) is 9.86. The molecule has 1 N–H and O–H groups in total. The molecule has 0 spiro atoms. The van der Waals surface area contributed by atoms with Gasteiger partial charge in [-0.3, -0.25) is 9.88 Å². The molecule has 0 atom stereocenters. The van der Waals surface area contributed by atoms with Gasteiger partial charge >= 0.3 is 0 Å². The number of anilines is 1. The third-order valence-electron chi connectivity index (χ3n) is 3.46. The summed E-state index contributed by atoms with van der Waals surface area (Å²) < 4.78 is 1.71. The number of β-amino-alcohol motifs (C(OH)–C–C–N with tert-alkyl or cyclic N) is 1. The van der Waals surface area contributed by atoms with E-state index in [1.54, 1.807) is 23.3 Å². The predicted molar refractivity (Wildman–Crippen MR) is 74.9 cm³/mol. The maximum absolute atomic E-state index is 8.96. The molecule has 0 radical (unpaired) electrons. The zero-order chi connectivity index (χ0) is 13.8. The van der Waals surface area contributed by atoms with Crippen LogP contribution in [0.2, 0.25) is 0 Å². The van der Waals surface area contributed by atoms with Crippen molar-refractivity contribution in [3.63, 3.8) is 0 Å². The standard InChI is InChI=1S/C13H18N6O/c20-9-8-17-4-6-18(7-5-17)12-10-14-11-13(16-12)19-3-1-2-15-19/h1-3,10-11,20H,4-9H2. The fraction of sp³-hybridized carbons (Fsp3) is 0.462. The number of piperazine rings is 1. The van der Waals surface area contributed by atoms with Crippen LogP contribution in [0.5, 0.6) is 0 Å². The minimum absolute atomic E-state index is 0.217. The van der Waals surface area contributed by atoms with Crippen LogP contribution >= 0.6 is 0 Å². The molecule has 0 aliphatic carbocycles. The summed E-state index contributed by atoms with van der Waals surface area (Å²) in [6, 6.07) is 1.86. The number of aromatic nitrogens is 4. The quantitative estimate of drug-likeness (QED) is 0.831. The number of hydrogen-bond acceptors (Lipinski definition) is 6. The van der Waals surface area contributed by atoms with Crippen molar-refractivity contribution in [2.24, 2.45) is 0 Å². The molecule has 0 amide bonds. The molecule has 0 saturated carbocycles. The first-order valence-corrected chi connectivity index (χ1v) is 6.77. The first kappa shape index (κ1) is 13.0. The van der Waals surface area contributed by atoms with Crippen molar-refractivity contribution in [1.82, 2.24) is 24.6 Å². The summed E-state index contributed by atoms with van der Waals surface area (Å²) >= 11 is 0. The molecule has 0 aromatic carbocycles. The molecule has 3 heterocycles. The molecule has 20 heavy (non-hydrogen) atoms. The monoisotopic (exact) mass is 274 g/mol. The van der Waals surface area contributed by atoms with Crippen LogP contribution in [0.1, 0.15) is 0 Å². The summed E-state index contributed by atoms with van der Waals surface area (Å²) in [4.78, 5) is 13.3. The fourth-order valence-electron chi connectivity index (χ4n) is 2.35. The van der Waals surface area contributed by atoms with Gasteiger partial charge in [0.2, 0.25) is 0 Å². The van der Waals surface area contributed by atoms with Gasteiger partial charge in [-0.15, -0.1) is 0 Å². The lowest BCUT2D eigenvalue weighted by atomic mass is 10.3. The van der Waals surface area contributed by atoms with Gasteiger partial charge in [0, 0.05) is 45.1 Å². The van der Waals surface area contributed by atoms with Crippen molar-refractivity contribution in [3.8, 4) is 5.82 Å². The third-order valence-corrected chi connectivity index (χ3v) is 3.46. The average molecular weight is 274 g/mol. The van der Waals surface area contributed by atoms with Gasteiger partial charge < -0.3 is 10.0 Å². The van der Waals surface area contributed by atoms with Gasteiger partial charge in [-0.25, -0.2) is 9.67 Å². The number of nitrogens with zero attached hydrogens (tertiary/aromatic N) is 6. The summed E-state index contributed by atoms with van der Waals surface area (Å²) in [5.74, 6) is 1.60. The molecule has 3 rings (SSSR count). The van der Waals surface area contributed by atoms with Crippen LogP contribution in [-0.4, -0.2) is 69.1 Å². The van der Waals surface area contributed by atoms with E-state index in [0.717, 1.165) is 44.4 Å². The second-order valence-electron chi connectivity index (χ2n) is 4.74.